The van der Waals surface area contributed by atoms with Gasteiger partial charge in [0, 0.05) is 13.7 Å². The van der Waals surface area contributed by atoms with Crippen LogP contribution in [0.1, 0.15) is 19.8 Å². The number of unbranched alkanes of at least 4 members (excludes halogenated alkanes) is 1. The maximum absolute atomic E-state index is 13.1. The minimum atomic E-state index is -4.57. The van der Waals surface area contributed by atoms with Crippen LogP contribution in [-0.2, 0) is 13.3 Å². The molecule has 7 heteroatoms. The molecule has 0 bridgehead atoms. The highest BCUT2D eigenvalue weighted by Crippen LogP contribution is 2.14. The average molecular weight is 218 g/mol. The third-order valence-electron chi connectivity index (χ3n) is 1.25. The molecule has 0 aromatic rings. The van der Waals surface area contributed by atoms with Crippen molar-refractivity contribution in [1.82, 2.24) is 0 Å². The second-order valence-corrected chi connectivity index (χ2v) is 4.16. The number of halogens is 3. The smallest absolute Gasteiger partial charge is 0.351 e. The highest BCUT2D eigenvalue weighted by Gasteiger charge is 2.46. The van der Waals surface area contributed by atoms with Crippen LogP contribution in [0, 0.1) is 0 Å². The summed E-state index contributed by atoms with van der Waals surface area (Å²) >= 11 is 0. The molecule has 0 N–H and O–H groups in total. The van der Waals surface area contributed by atoms with Gasteiger partial charge in [-0.1, -0.05) is 13.3 Å². The van der Waals surface area contributed by atoms with Crippen molar-refractivity contribution in [3.63, 3.8) is 0 Å². The van der Waals surface area contributed by atoms with E-state index >= 15 is 0 Å². The third-order valence-corrected chi connectivity index (χ3v) is 2.74. The summed E-state index contributed by atoms with van der Waals surface area (Å²) in [5.74, 6) is 0. The molecule has 0 fully saturated rings. The molecule has 0 amide bonds. The fraction of sp³-hybridized carbons (Fsp3) is 1.00. The fourth-order valence-electron chi connectivity index (χ4n) is 0.586. The summed E-state index contributed by atoms with van der Waals surface area (Å²) in [4.78, 5) is 0. The molecule has 1 atom stereocenters. The molecule has 3 nitrogen and oxygen atoms in total. The maximum Gasteiger partial charge on any atom is 0.724 e. The summed E-state index contributed by atoms with van der Waals surface area (Å²) in [5, 5.41) is 0. The van der Waals surface area contributed by atoms with E-state index in [-0.39, 0.29) is 6.61 Å². The summed E-state index contributed by atoms with van der Waals surface area (Å²) in [5.41, 5.74) is 0. The van der Waals surface area contributed by atoms with Crippen LogP contribution in [0.3, 0.4) is 0 Å². The Labute approximate surface area is 76.3 Å². The van der Waals surface area contributed by atoms with Crippen LogP contribution in [0.25, 0.3) is 0 Å². The van der Waals surface area contributed by atoms with Crippen molar-refractivity contribution in [2.75, 3.05) is 13.7 Å². The van der Waals surface area contributed by atoms with Gasteiger partial charge in [0.2, 0.25) is 0 Å². The molecule has 80 valence electrons. The lowest BCUT2D eigenvalue weighted by Crippen LogP contribution is -2.42. The van der Waals surface area contributed by atoms with Crippen molar-refractivity contribution >= 4 is 9.14 Å². The molecule has 0 heterocycles. The Morgan fingerprint density at radius 3 is 2.38 bits per heavy atom. The monoisotopic (exact) mass is 218 g/mol. The molecular weight excluding hydrogens is 205 g/mol. The summed E-state index contributed by atoms with van der Waals surface area (Å²) in [6.45, 7) is -1.32. The van der Waals surface area contributed by atoms with E-state index in [9.17, 15) is 12.9 Å². The van der Waals surface area contributed by atoms with Crippen molar-refractivity contribution < 1.29 is 26.2 Å². The molecular formula is C6H13F3O3Si. The van der Waals surface area contributed by atoms with Crippen LogP contribution in [0.2, 0.25) is 0 Å². The van der Waals surface area contributed by atoms with Gasteiger partial charge < -0.3 is 8.85 Å². The average Bonchev–Trinajstić information content (AvgIpc) is 2.04. The molecule has 13 heavy (non-hydrogen) atoms. The van der Waals surface area contributed by atoms with Crippen LogP contribution in [-0.4, -0.2) is 29.5 Å². The Balaban J connectivity index is 3.81. The zero-order valence-corrected chi connectivity index (χ0v) is 8.56. The Bertz CT molecular complexity index is 138. The van der Waals surface area contributed by atoms with Gasteiger partial charge in [0.05, 0.1) is 0 Å². The van der Waals surface area contributed by atoms with Crippen molar-refractivity contribution in [3.8, 4) is 0 Å². The van der Waals surface area contributed by atoms with Gasteiger partial charge in [-0.25, -0.2) is 4.11 Å². The quantitative estimate of drug-likeness (QED) is 0.372. The number of rotatable bonds is 7. The van der Waals surface area contributed by atoms with E-state index in [1.807, 2.05) is 6.92 Å². The predicted octanol–water partition coefficient (Wildman–Crippen LogP) is 2.09. The van der Waals surface area contributed by atoms with Gasteiger partial charge in [0.15, 0.2) is 0 Å². The fourth-order valence-corrected chi connectivity index (χ4v) is 1.47. The van der Waals surface area contributed by atoms with E-state index in [4.69, 9.17) is 0 Å². The maximum atomic E-state index is 13.1. The zero-order valence-electron chi connectivity index (χ0n) is 7.56. The first-order chi connectivity index (χ1) is 6.04. The number of alkyl halides is 2. The topological polar surface area (TPSA) is 27.7 Å². The largest absolute Gasteiger partial charge is 0.724 e. The van der Waals surface area contributed by atoms with Crippen LogP contribution in [0.4, 0.5) is 12.9 Å². The van der Waals surface area contributed by atoms with E-state index in [2.05, 4.69) is 13.3 Å². The number of hydrogen-bond acceptors (Lipinski definition) is 3. The molecule has 0 rings (SSSR count). The Morgan fingerprint density at radius 1 is 1.38 bits per heavy atom. The van der Waals surface area contributed by atoms with Crippen LogP contribution in [0.5, 0.6) is 0 Å². The predicted molar refractivity (Wildman–Crippen MR) is 41.8 cm³/mol. The Morgan fingerprint density at radius 2 is 2.00 bits per heavy atom. The lowest BCUT2D eigenvalue weighted by Gasteiger charge is -2.17. The lowest BCUT2D eigenvalue weighted by molar-refractivity contribution is -0.116. The molecule has 0 saturated heterocycles. The van der Waals surface area contributed by atoms with Crippen LogP contribution >= 0.6 is 0 Å². The van der Waals surface area contributed by atoms with E-state index in [1.54, 1.807) is 0 Å². The minimum Gasteiger partial charge on any atom is -0.351 e. The molecule has 0 aromatic heterocycles. The molecule has 0 spiro atoms. The van der Waals surface area contributed by atoms with Crippen molar-refractivity contribution in [2.24, 2.45) is 0 Å². The van der Waals surface area contributed by atoms with E-state index in [1.165, 1.54) is 0 Å². The van der Waals surface area contributed by atoms with E-state index in [0.29, 0.717) is 6.42 Å². The molecule has 0 aliphatic carbocycles. The van der Waals surface area contributed by atoms with E-state index in [0.717, 1.165) is 13.5 Å². The van der Waals surface area contributed by atoms with Crippen LogP contribution < -0.4 is 0 Å². The van der Waals surface area contributed by atoms with Gasteiger partial charge in [-0.3, -0.25) is 4.43 Å². The normalized spacial score (nSPS) is 16.2. The molecule has 0 saturated carbocycles. The van der Waals surface area contributed by atoms with Gasteiger partial charge in [0.1, 0.15) is 0 Å². The van der Waals surface area contributed by atoms with Gasteiger partial charge in [0.25, 0.3) is 0 Å². The summed E-state index contributed by atoms with van der Waals surface area (Å²) < 4.78 is 48.6. The van der Waals surface area contributed by atoms with Crippen molar-refractivity contribution in [2.45, 2.75) is 26.4 Å². The highest BCUT2D eigenvalue weighted by atomic mass is 28.4. The first-order valence-electron chi connectivity index (χ1n) is 3.88. The molecule has 0 aliphatic rings. The summed E-state index contributed by atoms with van der Waals surface area (Å²) in [6.07, 6.45) is 1.36. The van der Waals surface area contributed by atoms with Crippen molar-refractivity contribution in [1.29, 1.82) is 0 Å². The second-order valence-electron chi connectivity index (χ2n) is 2.27. The Kier molecular flexibility index (Phi) is 6.30. The molecule has 0 aromatic carbocycles. The zero-order chi connectivity index (χ0) is 10.3. The molecule has 0 radical (unpaired) electrons. The minimum absolute atomic E-state index is 0.0276. The van der Waals surface area contributed by atoms with Crippen molar-refractivity contribution in [3.05, 3.63) is 0 Å². The van der Waals surface area contributed by atoms with E-state index < -0.39 is 15.7 Å². The lowest BCUT2D eigenvalue weighted by atomic mass is 10.4. The molecule has 0 aliphatic heterocycles. The molecule has 1 unspecified atom stereocenters. The summed E-state index contributed by atoms with van der Waals surface area (Å²) in [7, 11) is -3.63. The summed E-state index contributed by atoms with van der Waals surface area (Å²) in [6, 6.07) is 0. The first kappa shape index (κ1) is 12.9. The highest BCUT2D eigenvalue weighted by molar-refractivity contribution is 6.52. The first-order valence-corrected chi connectivity index (χ1v) is 5.48. The van der Waals surface area contributed by atoms with Gasteiger partial charge in [-0.15, -0.1) is 0 Å². The Hall–Kier alpha value is -0.113. The van der Waals surface area contributed by atoms with Gasteiger partial charge in [-0.2, -0.15) is 8.78 Å². The van der Waals surface area contributed by atoms with Gasteiger partial charge >= 0.3 is 15.7 Å². The SMILES string of the molecule is CCCCO[Si](F)(OC)OC(F)F. The van der Waals surface area contributed by atoms with Gasteiger partial charge in [-0.05, 0) is 6.42 Å². The van der Waals surface area contributed by atoms with Crippen LogP contribution in [0.15, 0.2) is 0 Å². The second kappa shape index (κ2) is 6.36. The third kappa shape index (κ3) is 6.03. The number of hydrogen-bond donors (Lipinski definition) is 0. The standard InChI is InChI=1S/C6H13F3O3Si/c1-3-4-5-11-13(9,10-2)12-6(7)8/h6H,3-5H2,1-2H3.